The topological polar surface area (TPSA) is 107 Å². The average molecular weight is 553 g/mol. The number of hydrogen-bond donors (Lipinski definition) is 2. The van der Waals surface area contributed by atoms with E-state index in [0.717, 1.165) is 47.2 Å². The van der Waals surface area contributed by atoms with Crippen molar-refractivity contribution in [1.82, 2.24) is 9.29 Å². The molecule has 2 saturated carbocycles. The minimum absolute atomic E-state index is 0.207. The Bertz CT molecular complexity index is 1550. The Labute approximate surface area is 229 Å². The molecular weight excluding hydrogens is 516 g/mol. The highest BCUT2D eigenvalue weighted by molar-refractivity contribution is 7.90. The third kappa shape index (κ3) is 4.35. The van der Waals surface area contributed by atoms with Crippen molar-refractivity contribution >= 4 is 26.8 Å². The van der Waals surface area contributed by atoms with Gasteiger partial charge in [0.05, 0.1) is 24.7 Å². The van der Waals surface area contributed by atoms with E-state index in [2.05, 4.69) is 21.4 Å². The van der Waals surface area contributed by atoms with Crippen molar-refractivity contribution in [2.75, 3.05) is 13.7 Å². The van der Waals surface area contributed by atoms with Crippen LogP contribution in [-0.2, 0) is 21.5 Å². The third-order valence-corrected chi connectivity index (χ3v) is 10.9. The smallest absolute Gasteiger partial charge is 0.264 e. The number of carbonyl (C=O) groups excluding carboxylic acids is 1. The van der Waals surface area contributed by atoms with Crippen LogP contribution in [0.15, 0.2) is 36.4 Å². The maximum Gasteiger partial charge on any atom is 0.264 e. The number of ether oxygens (including phenoxy) is 1. The highest BCUT2D eigenvalue weighted by Crippen LogP contribution is 2.65. The largest absolute Gasteiger partial charge is 0.497 e. The Hall–Kier alpha value is -2.88. The molecule has 1 aromatic heterocycles. The van der Waals surface area contributed by atoms with E-state index >= 15 is 0 Å². The summed E-state index contributed by atoms with van der Waals surface area (Å²) in [6, 6.07) is 11.8. The number of carbonyl (C=O) groups is 1. The molecule has 2 heterocycles. The molecule has 208 valence electrons. The van der Waals surface area contributed by atoms with Gasteiger partial charge in [0.15, 0.2) is 0 Å². The minimum atomic E-state index is -3.76. The van der Waals surface area contributed by atoms with Crippen LogP contribution in [0.5, 0.6) is 5.75 Å². The summed E-state index contributed by atoms with van der Waals surface area (Å²) in [6.45, 7) is 3.93. The van der Waals surface area contributed by atoms with E-state index in [-0.39, 0.29) is 17.9 Å². The van der Waals surface area contributed by atoms with Crippen LogP contribution in [0.25, 0.3) is 22.2 Å². The predicted octanol–water partition coefficient (Wildman–Crippen LogP) is 5.81. The molecule has 2 atom stereocenters. The molecular formula is C30H36N2O6S. The molecule has 2 N–H and O–H groups in total. The quantitative estimate of drug-likeness (QED) is 0.283. The summed E-state index contributed by atoms with van der Waals surface area (Å²) in [5.41, 5.74) is 5.75. The summed E-state index contributed by atoms with van der Waals surface area (Å²) in [5, 5.41) is 9.93. The summed E-state index contributed by atoms with van der Waals surface area (Å²) < 4.78 is 35.0. The molecule has 3 aliphatic rings. The van der Waals surface area contributed by atoms with Gasteiger partial charge in [0.1, 0.15) is 5.75 Å². The highest BCUT2D eigenvalue weighted by atomic mass is 32.2. The second-order valence-corrected chi connectivity index (χ2v) is 14.0. The van der Waals surface area contributed by atoms with Crippen LogP contribution in [0.1, 0.15) is 85.7 Å². The van der Waals surface area contributed by atoms with Gasteiger partial charge in [0, 0.05) is 34.0 Å². The summed E-state index contributed by atoms with van der Waals surface area (Å²) in [4.78, 5) is 17.9. The van der Waals surface area contributed by atoms with Gasteiger partial charge in [-0.1, -0.05) is 25.3 Å². The van der Waals surface area contributed by atoms with Gasteiger partial charge in [-0.3, -0.25) is 10.1 Å². The van der Waals surface area contributed by atoms with Crippen LogP contribution in [0.3, 0.4) is 0 Å². The Morgan fingerprint density at radius 2 is 1.92 bits per heavy atom. The van der Waals surface area contributed by atoms with Crippen molar-refractivity contribution < 1.29 is 28.1 Å². The lowest BCUT2D eigenvalue weighted by Gasteiger charge is -2.24. The van der Waals surface area contributed by atoms with Crippen LogP contribution in [0.4, 0.5) is 0 Å². The molecule has 1 aliphatic heterocycles. The number of methoxy groups -OCH3 is 1. The Balaban J connectivity index is 1.58. The molecule has 2 fully saturated rings. The molecule has 2 aromatic carbocycles. The van der Waals surface area contributed by atoms with Gasteiger partial charge in [-0.2, -0.15) is 0 Å². The predicted molar refractivity (Wildman–Crippen MR) is 150 cm³/mol. The van der Waals surface area contributed by atoms with Crippen molar-refractivity contribution in [3.05, 3.63) is 53.1 Å². The molecule has 0 spiro atoms. The van der Waals surface area contributed by atoms with Gasteiger partial charge in [-0.05, 0) is 86.4 Å². The maximum atomic E-state index is 13.1. The van der Waals surface area contributed by atoms with Gasteiger partial charge in [-0.15, -0.1) is 0 Å². The van der Waals surface area contributed by atoms with E-state index in [9.17, 15) is 18.5 Å². The molecule has 2 unspecified atom stereocenters. The van der Waals surface area contributed by atoms with E-state index in [0.29, 0.717) is 18.0 Å². The number of fused-ring (bicyclic) bond motifs is 7. The fourth-order valence-corrected chi connectivity index (χ4v) is 7.48. The maximum absolute atomic E-state index is 13.1. The zero-order valence-electron chi connectivity index (χ0n) is 22.7. The van der Waals surface area contributed by atoms with E-state index in [4.69, 9.17) is 9.62 Å². The Kier molecular flexibility index (Phi) is 6.51. The van der Waals surface area contributed by atoms with Gasteiger partial charge < -0.3 is 9.30 Å². The average Bonchev–Trinajstić information content (AvgIpc) is 3.56. The fourth-order valence-electron chi connectivity index (χ4n) is 6.87. The monoisotopic (exact) mass is 552 g/mol. The van der Waals surface area contributed by atoms with Crippen LogP contribution < -0.4 is 9.46 Å². The SMILES string of the molecule is COc1ccc2c(c1)C1CC1(COO)Cn1c-2c(C2CCCCC2)c2ccc(C(=O)NS(=O)(=O)C(C)C)cc21. The van der Waals surface area contributed by atoms with E-state index < -0.39 is 21.2 Å². The molecule has 9 heteroatoms. The third-order valence-electron chi connectivity index (χ3n) is 9.14. The van der Waals surface area contributed by atoms with Crippen molar-refractivity contribution in [1.29, 1.82) is 0 Å². The lowest BCUT2D eigenvalue weighted by Crippen LogP contribution is -2.35. The molecule has 6 rings (SSSR count). The summed E-state index contributed by atoms with van der Waals surface area (Å²) in [7, 11) is -2.09. The lowest BCUT2D eigenvalue weighted by atomic mass is 9.81. The van der Waals surface area contributed by atoms with Gasteiger partial charge in [-0.25, -0.2) is 18.0 Å². The second-order valence-electron chi connectivity index (χ2n) is 11.8. The number of rotatable bonds is 7. The summed E-state index contributed by atoms with van der Waals surface area (Å²) in [5.74, 6) is 0.782. The zero-order valence-corrected chi connectivity index (χ0v) is 23.5. The number of nitrogens with one attached hydrogen (secondary N) is 1. The number of aromatic nitrogens is 1. The van der Waals surface area contributed by atoms with Gasteiger partial charge in [0.2, 0.25) is 10.0 Å². The Morgan fingerprint density at radius 3 is 2.62 bits per heavy atom. The van der Waals surface area contributed by atoms with E-state index in [1.165, 1.54) is 30.4 Å². The lowest BCUT2D eigenvalue weighted by molar-refractivity contribution is -0.255. The first kappa shape index (κ1) is 26.3. The summed E-state index contributed by atoms with van der Waals surface area (Å²) >= 11 is 0. The minimum Gasteiger partial charge on any atom is -0.497 e. The number of hydrogen-bond acceptors (Lipinski definition) is 6. The number of sulfonamides is 1. The molecule has 39 heavy (non-hydrogen) atoms. The van der Waals surface area contributed by atoms with Crippen LogP contribution in [0, 0.1) is 5.41 Å². The standard InChI is InChI=1S/C30H36N2O6S/c1-18(2)39(35,36)31-29(33)20-9-11-23-26(13-20)32-16-30(17-38-34)15-25(30)24-14-21(37-3)10-12-22(24)28(32)27(23)19-7-5-4-6-8-19/h9-14,18-19,25,34H,4-8,15-17H2,1-3H3,(H,31,33). The highest BCUT2D eigenvalue weighted by Gasteiger charge is 2.58. The molecule has 1 amide bonds. The first-order chi connectivity index (χ1) is 18.7. The zero-order chi connectivity index (χ0) is 27.5. The van der Waals surface area contributed by atoms with E-state index in [1.54, 1.807) is 27.0 Å². The molecule has 2 aliphatic carbocycles. The number of amides is 1. The Morgan fingerprint density at radius 1 is 1.15 bits per heavy atom. The molecule has 3 aromatic rings. The van der Waals surface area contributed by atoms with Gasteiger partial charge in [0.25, 0.3) is 5.91 Å². The molecule has 0 saturated heterocycles. The summed E-state index contributed by atoms with van der Waals surface area (Å²) in [6.07, 6.45) is 6.71. The fraction of sp³-hybridized carbons (Fsp3) is 0.500. The molecule has 0 radical (unpaired) electrons. The number of nitrogens with zero attached hydrogens (tertiary/aromatic N) is 1. The van der Waals surface area contributed by atoms with Crippen LogP contribution in [0.2, 0.25) is 0 Å². The van der Waals surface area contributed by atoms with Crippen molar-refractivity contribution in [2.45, 2.75) is 76.0 Å². The van der Waals surface area contributed by atoms with Crippen LogP contribution in [-0.4, -0.2) is 43.1 Å². The first-order valence-corrected chi connectivity index (χ1v) is 15.4. The molecule has 0 bridgehead atoms. The van der Waals surface area contributed by atoms with Crippen molar-refractivity contribution in [3.63, 3.8) is 0 Å². The van der Waals surface area contributed by atoms with E-state index in [1.807, 2.05) is 18.2 Å². The molecule has 8 nitrogen and oxygen atoms in total. The number of benzene rings is 2. The van der Waals surface area contributed by atoms with Gasteiger partial charge >= 0.3 is 0 Å². The normalized spacial score (nSPS) is 22.6. The second kappa shape index (κ2) is 9.64. The van der Waals surface area contributed by atoms with Crippen LogP contribution >= 0.6 is 0 Å². The van der Waals surface area contributed by atoms with Crippen molar-refractivity contribution in [3.8, 4) is 17.0 Å². The first-order valence-electron chi connectivity index (χ1n) is 13.9. The van der Waals surface area contributed by atoms with Crippen molar-refractivity contribution in [2.24, 2.45) is 5.41 Å².